The van der Waals surface area contributed by atoms with Gasteiger partial charge in [0, 0.05) is 24.8 Å². The molecule has 0 aliphatic heterocycles. The number of rotatable bonds is 8. The molecule has 0 bridgehead atoms. The van der Waals surface area contributed by atoms with Crippen LogP contribution in [0.5, 0.6) is 17.2 Å². The Morgan fingerprint density at radius 2 is 1.85 bits per heavy atom. The van der Waals surface area contributed by atoms with Crippen LogP contribution in [-0.2, 0) is 16.1 Å². The summed E-state index contributed by atoms with van der Waals surface area (Å²) in [5.74, 6) is 0.200. The third-order valence-corrected chi connectivity index (χ3v) is 8.40. The molecule has 4 aromatic rings. The van der Waals surface area contributed by atoms with Gasteiger partial charge in [-0.25, -0.2) is 9.97 Å². The van der Waals surface area contributed by atoms with E-state index in [1.54, 1.807) is 17.7 Å². The number of phenolic OH excluding ortho intramolecular Hbond substituents is 1. The van der Waals surface area contributed by atoms with Gasteiger partial charge in [0.25, 0.3) is 0 Å². The number of esters is 1. The summed E-state index contributed by atoms with van der Waals surface area (Å²) in [6.07, 6.45) is 0.483. The van der Waals surface area contributed by atoms with Crippen molar-refractivity contribution in [2.75, 3.05) is 12.4 Å². The Kier molecular flexibility index (Phi) is 9.28. The van der Waals surface area contributed by atoms with Crippen LogP contribution in [0.2, 0.25) is 0 Å². The maximum absolute atomic E-state index is 14.1. The molecule has 46 heavy (non-hydrogen) atoms. The molecule has 3 atom stereocenters. The van der Waals surface area contributed by atoms with Crippen molar-refractivity contribution in [3.8, 4) is 17.2 Å². The van der Waals surface area contributed by atoms with Crippen LogP contribution >= 0.6 is 0 Å². The summed E-state index contributed by atoms with van der Waals surface area (Å²) in [7, 11) is 1.61. The quantitative estimate of drug-likeness (QED) is 0.188. The Balaban J connectivity index is 1.57. The lowest BCUT2D eigenvalue weighted by molar-refractivity contribution is -0.162. The van der Waals surface area contributed by atoms with E-state index >= 15 is 0 Å². The van der Waals surface area contributed by atoms with Gasteiger partial charge in [-0.05, 0) is 88.3 Å². The smallest absolute Gasteiger partial charge is 0.395 e. The molecule has 2 N–H and O–H groups in total. The number of benzene rings is 2. The lowest BCUT2D eigenvalue weighted by atomic mass is 9.78. The molecule has 3 unspecified atom stereocenters. The van der Waals surface area contributed by atoms with E-state index in [1.807, 2.05) is 45.9 Å². The number of halogens is 2. The van der Waals surface area contributed by atoms with E-state index in [9.17, 15) is 18.7 Å². The summed E-state index contributed by atoms with van der Waals surface area (Å²) in [6.45, 7) is 10.6. The highest BCUT2D eigenvalue weighted by atomic mass is 19.3. The first-order chi connectivity index (χ1) is 21.6. The number of carbonyl (C=O) groups excluding carboxylic acids is 1. The molecular weight excluding hydrogens is 596 g/mol. The summed E-state index contributed by atoms with van der Waals surface area (Å²) in [5.41, 5.74) is 1.79. The van der Waals surface area contributed by atoms with Crippen molar-refractivity contribution >= 4 is 28.5 Å². The fourth-order valence-corrected chi connectivity index (χ4v) is 6.12. The Labute approximate surface area is 267 Å². The first-order valence-corrected chi connectivity index (χ1v) is 15.7. The van der Waals surface area contributed by atoms with E-state index < -0.39 is 23.2 Å². The normalized spacial score (nSPS) is 19.5. The number of hydrogen-bond acceptors (Lipinski definition) is 9. The first-order valence-electron chi connectivity index (χ1n) is 15.7. The van der Waals surface area contributed by atoms with Gasteiger partial charge in [-0.2, -0.15) is 13.3 Å². The van der Waals surface area contributed by atoms with Crippen LogP contribution in [0, 0.1) is 18.8 Å². The molecule has 0 radical (unpaired) electrons. The summed E-state index contributed by atoms with van der Waals surface area (Å²) < 4.78 is 45.7. The molecule has 0 saturated heterocycles. The maximum atomic E-state index is 14.1. The summed E-state index contributed by atoms with van der Waals surface area (Å²) in [4.78, 5) is 22.7. The van der Waals surface area contributed by atoms with Crippen LogP contribution in [0.4, 0.5) is 14.7 Å². The van der Waals surface area contributed by atoms with Crippen molar-refractivity contribution in [2.24, 2.45) is 11.8 Å². The van der Waals surface area contributed by atoms with Gasteiger partial charge >= 0.3 is 12.1 Å². The highest BCUT2D eigenvalue weighted by molar-refractivity contribution is 5.97. The van der Waals surface area contributed by atoms with Crippen LogP contribution in [0.1, 0.15) is 89.6 Å². The number of aromatic nitrogens is 4. The monoisotopic (exact) mass is 639 g/mol. The van der Waals surface area contributed by atoms with Crippen molar-refractivity contribution in [3.63, 3.8) is 0 Å². The zero-order chi connectivity index (χ0) is 33.4. The van der Waals surface area contributed by atoms with Gasteiger partial charge in [-0.1, -0.05) is 25.8 Å². The van der Waals surface area contributed by atoms with Crippen molar-refractivity contribution in [1.82, 2.24) is 19.6 Å². The molecule has 1 fully saturated rings. The number of alkyl halides is 2. The average Bonchev–Trinajstić information content (AvgIpc) is 3.40. The number of aromatic hydroxyl groups is 1. The van der Waals surface area contributed by atoms with E-state index in [1.165, 1.54) is 6.07 Å². The lowest BCUT2D eigenvalue weighted by Crippen LogP contribution is -2.33. The number of aryl methyl sites for hydroxylation is 1. The van der Waals surface area contributed by atoms with E-state index in [-0.39, 0.29) is 35.2 Å². The molecule has 1 saturated carbocycles. The maximum Gasteiger partial charge on any atom is 0.395 e. The van der Waals surface area contributed by atoms with Gasteiger partial charge in [0.2, 0.25) is 5.95 Å². The highest BCUT2D eigenvalue weighted by Gasteiger charge is 2.34. The SMILES string of the molecule is COc1ccc(CNc2nc3c(OC(C)(F)F)c(O)ccc3c3nc(C4CCCCC(C(=O)OC(C)(C)C)C(C)C4)nn23)c(C)c1. The van der Waals surface area contributed by atoms with Crippen molar-refractivity contribution < 1.29 is 32.9 Å². The molecular formula is C34H43F2N5O5. The van der Waals surface area contributed by atoms with E-state index in [0.717, 1.165) is 42.6 Å². The molecule has 1 aliphatic carbocycles. The van der Waals surface area contributed by atoms with Crippen LogP contribution in [0.3, 0.4) is 0 Å². The Hall–Kier alpha value is -4.22. The van der Waals surface area contributed by atoms with Gasteiger partial charge < -0.3 is 24.6 Å². The second-order valence-corrected chi connectivity index (χ2v) is 13.3. The predicted octanol–water partition coefficient (Wildman–Crippen LogP) is 7.55. The molecule has 248 valence electrons. The van der Waals surface area contributed by atoms with Crippen LogP contribution in [-0.4, -0.2) is 49.5 Å². The molecule has 2 heterocycles. The second-order valence-electron chi connectivity index (χ2n) is 13.3. The number of phenols is 1. The van der Waals surface area contributed by atoms with Gasteiger partial charge in [0.15, 0.2) is 23.0 Å². The minimum atomic E-state index is -3.56. The average molecular weight is 640 g/mol. The molecule has 1 aliphatic rings. The third-order valence-electron chi connectivity index (χ3n) is 8.40. The van der Waals surface area contributed by atoms with Crippen molar-refractivity contribution in [3.05, 3.63) is 47.3 Å². The molecule has 2 aromatic carbocycles. The van der Waals surface area contributed by atoms with Gasteiger partial charge in [0.05, 0.1) is 13.0 Å². The minimum absolute atomic E-state index is 0.0259. The number of fused-ring (bicyclic) bond motifs is 3. The third kappa shape index (κ3) is 7.42. The number of ether oxygens (including phenoxy) is 3. The summed E-state index contributed by atoms with van der Waals surface area (Å²) >= 11 is 0. The van der Waals surface area contributed by atoms with Crippen LogP contribution in [0.15, 0.2) is 30.3 Å². The number of anilines is 1. The lowest BCUT2D eigenvalue weighted by Gasteiger charge is -2.30. The molecule has 12 heteroatoms. The van der Waals surface area contributed by atoms with Gasteiger partial charge in [0.1, 0.15) is 16.9 Å². The number of hydrogen-bond donors (Lipinski definition) is 2. The zero-order valence-corrected chi connectivity index (χ0v) is 27.5. The van der Waals surface area contributed by atoms with E-state index in [2.05, 4.69) is 17.2 Å². The predicted molar refractivity (Wildman–Crippen MR) is 171 cm³/mol. The van der Waals surface area contributed by atoms with Gasteiger partial charge in [-0.3, -0.25) is 4.79 Å². The van der Waals surface area contributed by atoms with E-state index in [0.29, 0.717) is 36.7 Å². The molecule has 0 amide bonds. The molecule has 10 nitrogen and oxygen atoms in total. The van der Waals surface area contributed by atoms with Crippen LogP contribution < -0.4 is 14.8 Å². The minimum Gasteiger partial charge on any atom is -0.504 e. The van der Waals surface area contributed by atoms with Gasteiger partial charge in [-0.15, -0.1) is 5.10 Å². The number of methoxy groups -OCH3 is 1. The molecule has 0 spiro atoms. The van der Waals surface area contributed by atoms with Crippen LogP contribution in [0.25, 0.3) is 16.6 Å². The standard InChI is InChI=1S/C34H43F2N5O5/c1-19-17-23(44-7)13-12-22(19)18-37-32-38-27-25(14-15-26(42)28(27)45-34(6,35)36)30-39-29(40-41(30)32)21-10-8-9-11-24(20(2)16-21)31(43)46-33(3,4)5/h12-15,17,20-21,24,42H,8-11,16,18H2,1-7H3,(H,37,38). The summed E-state index contributed by atoms with van der Waals surface area (Å²) in [5, 5.41) is 19.2. The Bertz CT molecular complexity index is 1730. The van der Waals surface area contributed by atoms with Crippen molar-refractivity contribution in [1.29, 1.82) is 0 Å². The molecule has 5 rings (SSSR count). The highest BCUT2D eigenvalue weighted by Crippen LogP contribution is 2.41. The largest absolute Gasteiger partial charge is 0.504 e. The Morgan fingerprint density at radius 3 is 2.52 bits per heavy atom. The summed E-state index contributed by atoms with van der Waals surface area (Å²) in [6, 6.07) is 8.57. The Morgan fingerprint density at radius 1 is 1.11 bits per heavy atom. The topological polar surface area (TPSA) is 120 Å². The fraction of sp³-hybridized carbons (Fsp3) is 0.529. The number of carbonyl (C=O) groups is 1. The van der Waals surface area contributed by atoms with E-state index in [4.69, 9.17) is 24.3 Å². The zero-order valence-electron chi connectivity index (χ0n) is 27.5. The number of nitrogens with zero attached hydrogens (tertiary/aromatic N) is 4. The van der Waals surface area contributed by atoms with Crippen molar-refractivity contribution in [2.45, 2.75) is 97.8 Å². The fourth-order valence-electron chi connectivity index (χ4n) is 6.12. The first kappa shape index (κ1) is 33.2. The number of nitrogens with one attached hydrogen (secondary N) is 1. The second kappa shape index (κ2) is 12.9. The molecule has 2 aromatic heterocycles.